The van der Waals surface area contributed by atoms with Crippen LogP contribution in [0.5, 0.6) is 0 Å². The lowest BCUT2D eigenvalue weighted by molar-refractivity contribution is -0.115. The van der Waals surface area contributed by atoms with E-state index in [1.807, 2.05) is 30.3 Å². The van der Waals surface area contributed by atoms with Gasteiger partial charge in [-0.1, -0.05) is 35.4 Å². The molecule has 7 nitrogen and oxygen atoms in total. The molecule has 1 aromatic carbocycles. The van der Waals surface area contributed by atoms with Gasteiger partial charge in [0.05, 0.1) is 7.05 Å². The van der Waals surface area contributed by atoms with Crippen LogP contribution in [0.1, 0.15) is 5.56 Å². The molecule has 102 valence electrons. The highest BCUT2D eigenvalue weighted by atomic mass is 32.1. The molecule has 2 aromatic rings. The van der Waals surface area contributed by atoms with E-state index in [9.17, 15) is 4.79 Å². The van der Waals surface area contributed by atoms with E-state index in [-0.39, 0.29) is 17.0 Å². The van der Waals surface area contributed by atoms with Gasteiger partial charge in [0, 0.05) is 6.08 Å². The van der Waals surface area contributed by atoms with Crippen LogP contribution in [0.3, 0.4) is 0 Å². The summed E-state index contributed by atoms with van der Waals surface area (Å²) >= 11 is 4.96. The first kappa shape index (κ1) is 13.8. The van der Waals surface area contributed by atoms with E-state index in [0.29, 0.717) is 0 Å². The second-order valence-corrected chi connectivity index (χ2v) is 4.20. The number of amides is 1. The van der Waals surface area contributed by atoms with Crippen LogP contribution in [0, 0.1) is 0 Å². The molecule has 0 saturated carbocycles. The van der Waals surface area contributed by atoms with E-state index in [4.69, 9.17) is 12.2 Å². The number of anilines is 1. The first-order valence-electron chi connectivity index (χ1n) is 5.72. The Hall–Kier alpha value is -2.61. The summed E-state index contributed by atoms with van der Waals surface area (Å²) in [5.74, 6) is -0.111. The Balaban J connectivity index is 1.85. The molecule has 1 aromatic heterocycles. The fraction of sp³-hybridized carbons (Fsp3) is 0.0833. The molecule has 0 fully saturated rings. The maximum atomic E-state index is 11.6. The second kappa shape index (κ2) is 6.53. The number of aromatic nitrogens is 4. The highest BCUT2D eigenvalue weighted by Crippen LogP contribution is 2.00. The zero-order valence-corrected chi connectivity index (χ0v) is 11.5. The van der Waals surface area contributed by atoms with E-state index in [1.165, 1.54) is 10.9 Å². The van der Waals surface area contributed by atoms with E-state index in [1.54, 1.807) is 13.1 Å². The number of tetrazole rings is 1. The van der Waals surface area contributed by atoms with Crippen LogP contribution in [0.4, 0.5) is 5.95 Å². The largest absolute Gasteiger partial charge is 0.299 e. The van der Waals surface area contributed by atoms with Crippen molar-refractivity contribution < 1.29 is 4.79 Å². The average molecular weight is 288 g/mol. The molecule has 0 aliphatic rings. The molecule has 0 aliphatic heterocycles. The van der Waals surface area contributed by atoms with Crippen LogP contribution in [-0.4, -0.2) is 31.2 Å². The summed E-state index contributed by atoms with van der Waals surface area (Å²) in [5.41, 5.74) is 0.928. The van der Waals surface area contributed by atoms with Gasteiger partial charge in [0.1, 0.15) is 0 Å². The predicted molar refractivity (Wildman–Crippen MR) is 78.6 cm³/mol. The van der Waals surface area contributed by atoms with E-state index in [2.05, 4.69) is 26.0 Å². The van der Waals surface area contributed by atoms with Crippen molar-refractivity contribution in [2.24, 2.45) is 7.05 Å². The van der Waals surface area contributed by atoms with Crippen molar-refractivity contribution in [3.8, 4) is 0 Å². The summed E-state index contributed by atoms with van der Waals surface area (Å²) < 4.78 is 0. The average Bonchev–Trinajstić information content (AvgIpc) is 2.83. The topological polar surface area (TPSA) is 84.7 Å². The molecule has 8 heteroatoms. The molecule has 1 amide bonds. The second-order valence-electron chi connectivity index (χ2n) is 3.79. The summed E-state index contributed by atoms with van der Waals surface area (Å²) in [4.78, 5) is 12.9. The molecule has 0 aliphatic carbocycles. The fourth-order valence-electron chi connectivity index (χ4n) is 1.36. The third kappa shape index (κ3) is 4.25. The van der Waals surface area contributed by atoms with Gasteiger partial charge in [0.2, 0.25) is 5.91 Å². The maximum absolute atomic E-state index is 11.6. The third-order valence-electron chi connectivity index (χ3n) is 2.20. The number of nitrogens with zero attached hydrogens (tertiary/aromatic N) is 4. The van der Waals surface area contributed by atoms with Gasteiger partial charge in [-0.3, -0.25) is 15.4 Å². The number of thiocarbonyl (C=S) groups is 1. The summed E-state index contributed by atoms with van der Waals surface area (Å²) in [5, 5.41) is 16.4. The quantitative estimate of drug-likeness (QED) is 0.640. The number of hydrogen-bond acceptors (Lipinski definition) is 5. The fourth-order valence-corrected chi connectivity index (χ4v) is 1.55. The van der Waals surface area contributed by atoms with Crippen molar-refractivity contribution in [2.45, 2.75) is 0 Å². The number of carbonyl (C=O) groups is 1. The summed E-state index contributed by atoms with van der Waals surface area (Å²) in [7, 11) is 1.63. The first-order chi connectivity index (χ1) is 9.63. The number of aryl methyl sites for hydroxylation is 1. The Bertz CT molecular complexity index is 636. The Kier molecular flexibility index (Phi) is 4.51. The Morgan fingerprint density at radius 2 is 2.10 bits per heavy atom. The normalized spacial score (nSPS) is 10.4. The molecule has 2 N–H and O–H groups in total. The van der Waals surface area contributed by atoms with E-state index < -0.39 is 0 Å². The zero-order valence-electron chi connectivity index (χ0n) is 10.6. The minimum atomic E-state index is -0.338. The van der Waals surface area contributed by atoms with Crippen molar-refractivity contribution >= 4 is 35.3 Å². The van der Waals surface area contributed by atoms with Crippen LogP contribution in [0.2, 0.25) is 0 Å². The molecular formula is C12H12N6OS. The highest BCUT2D eigenvalue weighted by Gasteiger charge is 2.04. The SMILES string of the molecule is Cn1nnc(NC(=S)NC(=O)/C=C/c2ccccc2)n1. The van der Waals surface area contributed by atoms with Gasteiger partial charge in [-0.25, -0.2) is 0 Å². The van der Waals surface area contributed by atoms with E-state index >= 15 is 0 Å². The van der Waals surface area contributed by atoms with Crippen molar-refractivity contribution in [3.05, 3.63) is 42.0 Å². The minimum absolute atomic E-state index is 0.112. The molecule has 2 rings (SSSR count). The lowest BCUT2D eigenvalue weighted by Gasteiger charge is -2.03. The van der Waals surface area contributed by atoms with Gasteiger partial charge < -0.3 is 0 Å². The Morgan fingerprint density at radius 1 is 1.35 bits per heavy atom. The van der Waals surface area contributed by atoms with Crippen LogP contribution in [-0.2, 0) is 11.8 Å². The molecule has 0 atom stereocenters. The molecule has 0 saturated heterocycles. The van der Waals surface area contributed by atoms with Crippen molar-refractivity contribution in [2.75, 3.05) is 5.32 Å². The van der Waals surface area contributed by atoms with Crippen LogP contribution < -0.4 is 10.6 Å². The van der Waals surface area contributed by atoms with Crippen LogP contribution in [0.15, 0.2) is 36.4 Å². The van der Waals surface area contributed by atoms with Crippen molar-refractivity contribution in [3.63, 3.8) is 0 Å². The summed E-state index contributed by atoms with van der Waals surface area (Å²) in [6.45, 7) is 0. The number of hydrogen-bond donors (Lipinski definition) is 2. The third-order valence-corrected chi connectivity index (χ3v) is 2.40. The van der Waals surface area contributed by atoms with Gasteiger partial charge in [-0.2, -0.15) is 4.80 Å². The number of benzene rings is 1. The number of carbonyl (C=O) groups excluding carboxylic acids is 1. The summed E-state index contributed by atoms with van der Waals surface area (Å²) in [6.07, 6.45) is 3.09. The smallest absolute Gasteiger partial charge is 0.269 e. The molecular weight excluding hydrogens is 276 g/mol. The zero-order chi connectivity index (χ0) is 14.4. The van der Waals surface area contributed by atoms with Crippen molar-refractivity contribution in [1.29, 1.82) is 0 Å². The minimum Gasteiger partial charge on any atom is -0.299 e. The van der Waals surface area contributed by atoms with Crippen LogP contribution >= 0.6 is 12.2 Å². The van der Waals surface area contributed by atoms with Crippen LogP contribution in [0.25, 0.3) is 6.08 Å². The van der Waals surface area contributed by atoms with Gasteiger partial charge in [0.15, 0.2) is 5.11 Å². The van der Waals surface area contributed by atoms with Crippen molar-refractivity contribution in [1.82, 2.24) is 25.5 Å². The predicted octanol–water partition coefficient (Wildman–Crippen LogP) is 0.736. The lowest BCUT2D eigenvalue weighted by Crippen LogP contribution is -2.33. The summed E-state index contributed by atoms with van der Waals surface area (Å²) in [6, 6.07) is 9.48. The molecule has 0 radical (unpaired) electrons. The molecule has 0 unspecified atom stereocenters. The molecule has 20 heavy (non-hydrogen) atoms. The number of nitrogens with one attached hydrogen (secondary N) is 2. The number of rotatable bonds is 3. The Labute approximate surface area is 120 Å². The van der Waals surface area contributed by atoms with Gasteiger partial charge in [0.25, 0.3) is 5.95 Å². The first-order valence-corrected chi connectivity index (χ1v) is 6.13. The van der Waals surface area contributed by atoms with Gasteiger partial charge in [-0.05, 0) is 29.1 Å². The Morgan fingerprint density at radius 3 is 2.75 bits per heavy atom. The van der Waals surface area contributed by atoms with E-state index in [0.717, 1.165) is 5.56 Å². The standard InChI is InChI=1S/C12H12N6OS/c1-18-16-11(15-17-18)14-12(20)13-10(19)8-7-9-5-3-2-4-6-9/h2-8H,1H3,(H2,13,14,16,19,20)/b8-7+. The van der Waals surface area contributed by atoms with Gasteiger partial charge >= 0.3 is 0 Å². The molecule has 0 bridgehead atoms. The monoisotopic (exact) mass is 288 g/mol. The highest BCUT2D eigenvalue weighted by molar-refractivity contribution is 7.80. The van der Waals surface area contributed by atoms with Gasteiger partial charge in [-0.15, -0.1) is 5.10 Å². The maximum Gasteiger partial charge on any atom is 0.269 e. The molecule has 0 spiro atoms. The molecule has 1 heterocycles. The lowest BCUT2D eigenvalue weighted by atomic mass is 10.2.